The average Bonchev–Trinajstić information content (AvgIpc) is 2.92. The summed E-state index contributed by atoms with van der Waals surface area (Å²) >= 11 is 0. The van der Waals surface area contributed by atoms with Gasteiger partial charge in [0.1, 0.15) is 0 Å². The van der Waals surface area contributed by atoms with Gasteiger partial charge >= 0.3 is 0 Å². The molecule has 0 atom stereocenters. The molecule has 0 spiro atoms. The topological polar surface area (TPSA) is 29.9 Å². The summed E-state index contributed by atoms with van der Waals surface area (Å²) in [4.78, 5) is 4.26. The van der Waals surface area contributed by atoms with E-state index in [1.54, 1.807) is 0 Å². The van der Waals surface area contributed by atoms with Gasteiger partial charge < -0.3 is 9.88 Å². The Labute approximate surface area is 91.9 Å². The van der Waals surface area contributed by atoms with Gasteiger partial charge in [0.15, 0.2) is 0 Å². The molecule has 0 unspecified atom stereocenters. The highest BCUT2D eigenvalue weighted by Gasteiger charge is 2.24. The molecule has 3 heteroatoms. The molecule has 0 radical (unpaired) electrons. The van der Waals surface area contributed by atoms with E-state index >= 15 is 0 Å². The van der Waals surface area contributed by atoms with Crippen molar-refractivity contribution in [2.24, 2.45) is 5.92 Å². The number of nitrogens with zero attached hydrogens (tertiary/aromatic N) is 2. The van der Waals surface area contributed by atoms with Crippen molar-refractivity contribution < 1.29 is 0 Å². The van der Waals surface area contributed by atoms with E-state index in [-0.39, 0.29) is 5.54 Å². The fourth-order valence-electron chi connectivity index (χ4n) is 1.88. The highest BCUT2D eigenvalue weighted by Crippen LogP contribution is 2.33. The quantitative estimate of drug-likeness (QED) is 0.801. The molecule has 0 saturated heterocycles. The molecule has 1 saturated carbocycles. The zero-order valence-electron chi connectivity index (χ0n) is 9.95. The lowest BCUT2D eigenvalue weighted by molar-refractivity contribution is 0.403. The first-order valence-electron chi connectivity index (χ1n) is 5.83. The van der Waals surface area contributed by atoms with Crippen molar-refractivity contribution in [1.82, 2.24) is 14.9 Å². The van der Waals surface area contributed by atoms with Crippen molar-refractivity contribution in [1.29, 1.82) is 0 Å². The molecule has 1 fully saturated rings. The zero-order valence-corrected chi connectivity index (χ0v) is 9.95. The van der Waals surface area contributed by atoms with Gasteiger partial charge in [-0.1, -0.05) is 12.8 Å². The number of hydrogen-bond acceptors (Lipinski definition) is 2. The van der Waals surface area contributed by atoms with Crippen LogP contribution in [-0.4, -0.2) is 16.6 Å². The molecule has 1 aromatic rings. The minimum atomic E-state index is 0.0139. The second-order valence-electron chi connectivity index (χ2n) is 5.08. The summed E-state index contributed by atoms with van der Waals surface area (Å²) in [5.74, 6) is 0.984. The van der Waals surface area contributed by atoms with Crippen LogP contribution in [0.4, 0.5) is 0 Å². The Balaban J connectivity index is 2.06. The van der Waals surface area contributed by atoms with E-state index in [0.29, 0.717) is 0 Å². The van der Waals surface area contributed by atoms with Gasteiger partial charge in [0.2, 0.25) is 0 Å². The van der Waals surface area contributed by atoms with Crippen molar-refractivity contribution in [3.8, 4) is 0 Å². The molecular weight excluding hydrogens is 186 g/mol. The molecule has 3 nitrogen and oxygen atoms in total. The molecule has 0 bridgehead atoms. The van der Waals surface area contributed by atoms with Gasteiger partial charge in [-0.3, -0.25) is 0 Å². The highest BCUT2D eigenvalue weighted by atomic mass is 15.1. The van der Waals surface area contributed by atoms with Crippen molar-refractivity contribution in [2.75, 3.05) is 7.05 Å². The molecule has 1 heterocycles. The van der Waals surface area contributed by atoms with E-state index in [0.717, 1.165) is 12.5 Å². The van der Waals surface area contributed by atoms with E-state index in [1.807, 2.05) is 19.6 Å². The SMILES string of the molecule is CNC(C)(C)c1cncn1CCC1CC1. The summed E-state index contributed by atoms with van der Waals surface area (Å²) in [5.41, 5.74) is 1.30. The fourth-order valence-corrected chi connectivity index (χ4v) is 1.88. The lowest BCUT2D eigenvalue weighted by Gasteiger charge is -2.25. The zero-order chi connectivity index (χ0) is 10.9. The van der Waals surface area contributed by atoms with Crippen LogP contribution in [0.3, 0.4) is 0 Å². The van der Waals surface area contributed by atoms with Gasteiger partial charge in [0, 0.05) is 12.7 Å². The summed E-state index contributed by atoms with van der Waals surface area (Å²) in [6, 6.07) is 0. The van der Waals surface area contributed by atoms with E-state index in [4.69, 9.17) is 0 Å². The van der Waals surface area contributed by atoms with Crippen molar-refractivity contribution in [2.45, 2.75) is 45.2 Å². The van der Waals surface area contributed by atoms with Crippen LogP contribution in [0.15, 0.2) is 12.5 Å². The standard InChI is InChI=1S/C12H21N3/c1-12(2,13-3)11-8-14-9-15(11)7-6-10-4-5-10/h8-10,13H,4-7H2,1-3H3. The van der Waals surface area contributed by atoms with Crippen LogP contribution in [0, 0.1) is 5.92 Å². The number of imidazole rings is 1. The molecule has 1 aliphatic carbocycles. The van der Waals surface area contributed by atoms with Crippen LogP contribution < -0.4 is 5.32 Å². The first-order valence-corrected chi connectivity index (χ1v) is 5.83. The first kappa shape index (κ1) is 10.7. The van der Waals surface area contributed by atoms with Crippen LogP contribution >= 0.6 is 0 Å². The third-order valence-electron chi connectivity index (χ3n) is 3.45. The summed E-state index contributed by atoms with van der Waals surface area (Å²) in [7, 11) is 2.00. The van der Waals surface area contributed by atoms with Crippen LogP contribution in [0.25, 0.3) is 0 Å². The minimum absolute atomic E-state index is 0.0139. The van der Waals surface area contributed by atoms with Crippen molar-refractivity contribution >= 4 is 0 Å². The monoisotopic (exact) mass is 207 g/mol. The highest BCUT2D eigenvalue weighted by molar-refractivity contribution is 5.10. The fraction of sp³-hybridized carbons (Fsp3) is 0.750. The molecule has 84 valence electrons. The Kier molecular flexibility index (Phi) is 2.83. The van der Waals surface area contributed by atoms with Gasteiger partial charge in [0.05, 0.1) is 17.6 Å². The Hall–Kier alpha value is -0.830. The van der Waals surface area contributed by atoms with Crippen molar-refractivity contribution in [3.63, 3.8) is 0 Å². The van der Waals surface area contributed by atoms with Gasteiger partial charge in [-0.25, -0.2) is 4.98 Å². The third kappa shape index (κ3) is 2.40. The van der Waals surface area contributed by atoms with Gasteiger partial charge in [-0.15, -0.1) is 0 Å². The van der Waals surface area contributed by atoms with E-state index in [1.165, 1.54) is 25.0 Å². The lowest BCUT2D eigenvalue weighted by atomic mass is 10.0. The van der Waals surface area contributed by atoms with Crippen LogP contribution in [0.2, 0.25) is 0 Å². The first-order chi connectivity index (χ1) is 7.13. The van der Waals surface area contributed by atoms with Crippen LogP contribution in [0.1, 0.15) is 38.8 Å². The summed E-state index contributed by atoms with van der Waals surface area (Å²) < 4.78 is 2.29. The summed E-state index contributed by atoms with van der Waals surface area (Å²) in [6.07, 6.45) is 8.10. The maximum absolute atomic E-state index is 4.26. The number of rotatable bonds is 5. The summed E-state index contributed by atoms with van der Waals surface area (Å²) in [5, 5.41) is 3.33. The molecule has 1 aliphatic rings. The molecule has 0 amide bonds. The predicted octanol–water partition coefficient (Wildman–Crippen LogP) is 2.14. The molecule has 0 aliphatic heterocycles. The normalized spacial score (nSPS) is 17.0. The smallest absolute Gasteiger partial charge is 0.0948 e. The number of aryl methyl sites for hydroxylation is 1. The molecular formula is C12H21N3. The Morgan fingerprint density at radius 3 is 2.87 bits per heavy atom. The van der Waals surface area contributed by atoms with E-state index < -0.39 is 0 Å². The molecule has 1 N–H and O–H groups in total. The maximum Gasteiger partial charge on any atom is 0.0948 e. The lowest BCUT2D eigenvalue weighted by Crippen LogP contribution is -2.35. The Morgan fingerprint density at radius 2 is 2.27 bits per heavy atom. The number of hydrogen-bond donors (Lipinski definition) is 1. The van der Waals surface area contributed by atoms with Crippen LogP contribution in [0.5, 0.6) is 0 Å². The molecule has 1 aromatic heterocycles. The molecule has 2 rings (SSSR count). The van der Waals surface area contributed by atoms with Crippen LogP contribution in [-0.2, 0) is 12.1 Å². The van der Waals surface area contributed by atoms with Crippen molar-refractivity contribution in [3.05, 3.63) is 18.2 Å². The largest absolute Gasteiger partial charge is 0.333 e. The Morgan fingerprint density at radius 1 is 1.53 bits per heavy atom. The van der Waals surface area contributed by atoms with E-state index in [9.17, 15) is 0 Å². The van der Waals surface area contributed by atoms with Gasteiger partial charge in [-0.05, 0) is 33.2 Å². The summed E-state index contributed by atoms with van der Waals surface area (Å²) in [6.45, 7) is 5.50. The predicted molar refractivity (Wildman–Crippen MR) is 61.7 cm³/mol. The maximum atomic E-state index is 4.26. The minimum Gasteiger partial charge on any atom is -0.333 e. The molecule has 0 aromatic carbocycles. The van der Waals surface area contributed by atoms with Gasteiger partial charge in [0.25, 0.3) is 0 Å². The van der Waals surface area contributed by atoms with E-state index in [2.05, 4.69) is 28.7 Å². The number of nitrogens with one attached hydrogen (secondary N) is 1. The Bertz CT molecular complexity index is 323. The molecule has 15 heavy (non-hydrogen) atoms. The van der Waals surface area contributed by atoms with Gasteiger partial charge in [-0.2, -0.15) is 0 Å². The second kappa shape index (κ2) is 3.97. The number of aromatic nitrogens is 2. The third-order valence-corrected chi connectivity index (χ3v) is 3.45. The second-order valence-corrected chi connectivity index (χ2v) is 5.08. The average molecular weight is 207 g/mol.